The average Bonchev–Trinajstić information content (AvgIpc) is 2.64. The van der Waals surface area contributed by atoms with E-state index in [0.29, 0.717) is 6.54 Å². The Balaban J connectivity index is 1.52. The predicted octanol–water partition coefficient (Wildman–Crippen LogP) is 3.88. The molecule has 1 N–H and O–H groups in total. The minimum Gasteiger partial charge on any atom is -0.348 e. The quantitative estimate of drug-likeness (QED) is 0.893. The fourth-order valence-electron chi connectivity index (χ4n) is 3.06. The minimum atomic E-state index is -1.02. The number of benzene rings is 2. The maximum Gasteiger partial charge on any atom is 0.251 e. The second-order valence-corrected chi connectivity index (χ2v) is 6.46. The van der Waals surface area contributed by atoms with E-state index >= 15 is 0 Å². The third-order valence-corrected chi connectivity index (χ3v) is 4.51. The van der Waals surface area contributed by atoms with Crippen LogP contribution in [0.15, 0.2) is 42.5 Å². The molecular weight excluding hydrogens is 322 g/mol. The lowest BCUT2D eigenvalue weighted by Crippen LogP contribution is -2.29. The van der Waals surface area contributed by atoms with Gasteiger partial charge in [-0.3, -0.25) is 9.69 Å². The first-order chi connectivity index (χ1) is 12.1. The van der Waals surface area contributed by atoms with Gasteiger partial charge in [0.1, 0.15) is 0 Å². The first kappa shape index (κ1) is 17.5. The molecule has 1 fully saturated rings. The number of hydrogen-bond acceptors (Lipinski definition) is 2. The van der Waals surface area contributed by atoms with Crippen LogP contribution in [0.2, 0.25) is 0 Å². The number of piperidine rings is 1. The number of carbonyl (C=O) groups is 1. The highest BCUT2D eigenvalue weighted by molar-refractivity contribution is 5.94. The zero-order valence-electron chi connectivity index (χ0n) is 14.1. The van der Waals surface area contributed by atoms with Gasteiger partial charge < -0.3 is 5.32 Å². The topological polar surface area (TPSA) is 32.3 Å². The smallest absolute Gasteiger partial charge is 0.251 e. The lowest BCUT2D eigenvalue weighted by molar-refractivity contribution is 0.0950. The summed E-state index contributed by atoms with van der Waals surface area (Å²) in [6.45, 7) is 3.63. The Morgan fingerprint density at radius 3 is 2.28 bits per heavy atom. The van der Waals surface area contributed by atoms with Gasteiger partial charge >= 0.3 is 0 Å². The second-order valence-electron chi connectivity index (χ2n) is 6.46. The Bertz CT molecular complexity index is 725. The van der Waals surface area contributed by atoms with E-state index in [2.05, 4.69) is 22.3 Å². The van der Waals surface area contributed by atoms with E-state index in [1.54, 1.807) is 0 Å². The van der Waals surface area contributed by atoms with Crippen molar-refractivity contribution in [3.63, 3.8) is 0 Å². The monoisotopic (exact) mass is 344 g/mol. The molecule has 0 aromatic heterocycles. The zero-order chi connectivity index (χ0) is 17.6. The van der Waals surface area contributed by atoms with Gasteiger partial charge in [0.2, 0.25) is 0 Å². The largest absolute Gasteiger partial charge is 0.348 e. The van der Waals surface area contributed by atoms with Crippen molar-refractivity contribution in [2.24, 2.45) is 0 Å². The molecule has 1 heterocycles. The van der Waals surface area contributed by atoms with Gasteiger partial charge in [-0.15, -0.1) is 0 Å². The van der Waals surface area contributed by atoms with Crippen molar-refractivity contribution in [3.05, 3.63) is 70.8 Å². The Morgan fingerprint density at radius 1 is 0.920 bits per heavy atom. The van der Waals surface area contributed by atoms with Crippen LogP contribution in [0.25, 0.3) is 0 Å². The van der Waals surface area contributed by atoms with Gasteiger partial charge in [0.25, 0.3) is 5.91 Å². The van der Waals surface area contributed by atoms with Crippen LogP contribution in [0, 0.1) is 11.6 Å². The lowest BCUT2D eigenvalue weighted by Gasteiger charge is -2.26. The van der Waals surface area contributed by atoms with E-state index in [1.165, 1.54) is 30.9 Å². The molecular formula is C20H22F2N2O. The average molecular weight is 344 g/mol. The number of likely N-dealkylation sites (tertiary alicyclic amines) is 1. The van der Waals surface area contributed by atoms with Crippen LogP contribution in [0.5, 0.6) is 0 Å². The first-order valence-corrected chi connectivity index (χ1v) is 8.65. The molecule has 0 radical (unpaired) electrons. The Hall–Kier alpha value is -2.27. The van der Waals surface area contributed by atoms with Crippen LogP contribution < -0.4 is 5.32 Å². The number of amides is 1. The first-order valence-electron chi connectivity index (χ1n) is 8.65. The molecule has 0 spiro atoms. The Morgan fingerprint density at radius 2 is 1.60 bits per heavy atom. The van der Waals surface area contributed by atoms with Gasteiger partial charge in [0.05, 0.1) is 0 Å². The van der Waals surface area contributed by atoms with Crippen LogP contribution in [-0.4, -0.2) is 23.9 Å². The van der Waals surface area contributed by atoms with E-state index in [0.717, 1.165) is 37.3 Å². The standard InChI is InChI=1S/C20H22F2N2O/c21-18-9-8-17(12-19(18)22)20(25)23-13-15-4-6-16(7-5-15)14-24-10-2-1-3-11-24/h4-9,12H,1-3,10-11,13-14H2,(H,23,25). The number of halogens is 2. The summed E-state index contributed by atoms with van der Waals surface area (Å²) in [5.41, 5.74) is 2.34. The molecule has 3 nitrogen and oxygen atoms in total. The van der Waals surface area contributed by atoms with Crippen molar-refractivity contribution < 1.29 is 13.6 Å². The van der Waals surface area contributed by atoms with Gasteiger partial charge in [-0.2, -0.15) is 0 Å². The summed E-state index contributed by atoms with van der Waals surface area (Å²) < 4.78 is 26.1. The van der Waals surface area contributed by atoms with Crippen LogP contribution >= 0.6 is 0 Å². The fourth-order valence-corrected chi connectivity index (χ4v) is 3.06. The molecule has 25 heavy (non-hydrogen) atoms. The molecule has 0 atom stereocenters. The van der Waals surface area contributed by atoms with Gasteiger partial charge in [-0.1, -0.05) is 30.7 Å². The molecule has 2 aromatic carbocycles. The molecule has 1 aliphatic heterocycles. The van der Waals surface area contributed by atoms with Crippen molar-refractivity contribution in [2.75, 3.05) is 13.1 Å². The van der Waals surface area contributed by atoms with Crippen molar-refractivity contribution in [1.29, 1.82) is 0 Å². The number of rotatable bonds is 5. The second kappa shape index (κ2) is 8.21. The van der Waals surface area contributed by atoms with Crippen molar-refractivity contribution >= 4 is 5.91 Å². The fraction of sp³-hybridized carbons (Fsp3) is 0.350. The third-order valence-electron chi connectivity index (χ3n) is 4.51. The summed E-state index contributed by atoms with van der Waals surface area (Å²) in [6, 6.07) is 11.3. The van der Waals surface area contributed by atoms with Crippen molar-refractivity contribution in [1.82, 2.24) is 10.2 Å². The van der Waals surface area contributed by atoms with E-state index in [4.69, 9.17) is 0 Å². The van der Waals surface area contributed by atoms with Gasteiger partial charge in [0, 0.05) is 18.7 Å². The highest BCUT2D eigenvalue weighted by Gasteiger charge is 2.11. The summed E-state index contributed by atoms with van der Waals surface area (Å²) in [6.07, 6.45) is 3.87. The molecule has 0 saturated carbocycles. The summed E-state index contributed by atoms with van der Waals surface area (Å²) in [5.74, 6) is -2.40. The third kappa shape index (κ3) is 4.86. The summed E-state index contributed by atoms with van der Waals surface area (Å²) in [7, 11) is 0. The Labute approximate surface area is 146 Å². The normalized spacial score (nSPS) is 15.1. The molecule has 132 valence electrons. The number of nitrogens with zero attached hydrogens (tertiary/aromatic N) is 1. The van der Waals surface area contributed by atoms with Gasteiger partial charge in [-0.05, 0) is 55.3 Å². The molecule has 0 unspecified atom stereocenters. The highest BCUT2D eigenvalue weighted by atomic mass is 19.2. The van der Waals surface area contributed by atoms with E-state index in [-0.39, 0.29) is 5.56 Å². The van der Waals surface area contributed by atoms with Crippen LogP contribution in [0.1, 0.15) is 40.7 Å². The van der Waals surface area contributed by atoms with Crippen LogP contribution in [0.4, 0.5) is 8.78 Å². The van der Waals surface area contributed by atoms with E-state index in [9.17, 15) is 13.6 Å². The lowest BCUT2D eigenvalue weighted by atomic mass is 10.1. The molecule has 3 rings (SSSR count). The molecule has 1 saturated heterocycles. The zero-order valence-corrected chi connectivity index (χ0v) is 14.1. The number of hydrogen-bond donors (Lipinski definition) is 1. The van der Waals surface area contributed by atoms with Gasteiger partial charge in [-0.25, -0.2) is 8.78 Å². The molecule has 5 heteroatoms. The summed E-state index contributed by atoms with van der Waals surface area (Å²) >= 11 is 0. The van der Waals surface area contributed by atoms with Crippen LogP contribution in [-0.2, 0) is 13.1 Å². The predicted molar refractivity (Wildman–Crippen MR) is 93.1 cm³/mol. The van der Waals surface area contributed by atoms with E-state index < -0.39 is 17.5 Å². The maximum atomic E-state index is 13.2. The maximum absolute atomic E-state index is 13.2. The van der Waals surface area contributed by atoms with Gasteiger partial charge in [0.15, 0.2) is 11.6 Å². The summed E-state index contributed by atoms with van der Waals surface area (Å²) in [4.78, 5) is 14.5. The Kier molecular flexibility index (Phi) is 5.76. The highest BCUT2D eigenvalue weighted by Crippen LogP contribution is 2.14. The van der Waals surface area contributed by atoms with E-state index in [1.807, 2.05) is 12.1 Å². The van der Waals surface area contributed by atoms with Crippen molar-refractivity contribution in [2.45, 2.75) is 32.4 Å². The van der Waals surface area contributed by atoms with Crippen LogP contribution in [0.3, 0.4) is 0 Å². The molecule has 2 aromatic rings. The molecule has 1 amide bonds. The SMILES string of the molecule is O=C(NCc1ccc(CN2CCCCC2)cc1)c1ccc(F)c(F)c1. The molecule has 1 aliphatic rings. The van der Waals surface area contributed by atoms with Crippen molar-refractivity contribution in [3.8, 4) is 0 Å². The number of carbonyl (C=O) groups excluding carboxylic acids is 1. The minimum absolute atomic E-state index is 0.112. The molecule has 0 bridgehead atoms. The molecule has 0 aliphatic carbocycles. The summed E-state index contributed by atoms with van der Waals surface area (Å²) in [5, 5.41) is 2.72. The number of nitrogens with one attached hydrogen (secondary N) is 1.